The van der Waals surface area contributed by atoms with E-state index >= 15 is 0 Å². The topological polar surface area (TPSA) is 79.8 Å². The van der Waals surface area contributed by atoms with Crippen LogP contribution in [0.25, 0.3) is 0 Å². The SMILES string of the molecule is CCNC(=NCC1(CS(C)(=O)=O)CC1)NCC1CCCOC1C(C)(C)C. The van der Waals surface area contributed by atoms with Crippen LogP contribution in [0.5, 0.6) is 0 Å². The second kappa shape index (κ2) is 8.46. The van der Waals surface area contributed by atoms with Gasteiger partial charge < -0.3 is 15.4 Å². The van der Waals surface area contributed by atoms with Crippen molar-refractivity contribution >= 4 is 15.8 Å². The first-order chi connectivity index (χ1) is 12.0. The molecule has 0 aromatic carbocycles. The van der Waals surface area contributed by atoms with Crippen LogP contribution in [-0.2, 0) is 14.6 Å². The molecule has 0 aromatic rings. The first-order valence-electron chi connectivity index (χ1n) is 9.86. The zero-order valence-electron chi connectivity index (χ0n) is 17.1. The number of rotatable bonds is 7. The summed E-state index contributed by atoms with van der Waals surface area (Å²) in [6.45, 7) is 11.8. The molecule has 2 fully saturated rings. The van der Waals surface area contributed by atoms with Crippen LogP contribution in [-0.4, -0.2) is 58.7 Å². The molecular weight excluding hydrogens is 350 g/mol. The van der Waals surface area contributed by atoms with Crippen LogP contribution in [0.4, 0.5) is 0 Å². The van der Waals surface area contributed by atoms with Gasteiger partial charge in [-0.15, -0.1) is 0 Å². The zero-order valence-corrected chi connectivity index (χ0v) is 17.9. The van der Waals surface area contributed by atoms with Crippen molar-refractivity contribution in [2.45, 2.75) is 59.5 Å². The van der Waals surface area contributed by atoms with E-state index in [4.69, 9.17) is 9.73 Å². The Morgan fingerprint density at radius 2 is 1.96 bits per heavy atom. The first kappa shape index (κ1) is 21.5. The maximum absolute atomic E-state index is 11.6. The number of nitrogens with one attached hydrogen (secondary N) is 2. The maximum atomic E-state index is 11.6. The minimum atomic E-state index is -2.96. The summed E-state index contributed by atoms with van der Waals surface area (Å²) in [7, 11) is -2.96. The van der Waals surface area contributed by atoms with Crippen molar-refractivity contribution in [1.29, 1.82) is 0 Å². The molecule has 7 heteroatoms. The lowest BCUT2D eigenvalue weighted by Crippen LogP contribution is -2.47. The van der Waals surface area contributed by atoms with E-state index < -0.39 is 9.84 Å². The van der Waals surface area contributed by atoms with E-state index in [-0.39, 0.29) is 22.7 Å². The molecule has 2 N–H and O–H groups in total. The van der Waals surface area contributed by atoms with Crippen molar-refractivity contribution in [3.8, 4) is 0 Å². The average Bonchev–Trinajstić information content (AvgIpc) is 3.27. The molecule has 1 aliphatic heterocycles. The fourth-order valence-electron chi connectivity index (χ4n) is 3.91. The van der Waals surface area contributed by atoms with E-state index in [2.05, 4.69) is 31.4 Å². The molecule has 0 spiro atoms. The van der Waals surface area contributed by atoms with Crippen molar-refractivity contribution in [1.82, 2.24) is 10.6 Å². The number of hydrogen-bond donors (Lipinski definition) is 2. The summed E-state index contributed by atoms with van der Waals surface area (Å²) >= 11 is 0. The van der Waals surface area contributed by atoms with Crippen molar-refractivity contribution < 1.29 is 13.2 Å². The Hall–Kier alpha value is -0.820. The monoisotopic (exact) mass is 387 g/mol. The van der Waals surface area contributed by atoms with E-state index in [1.54, 1.807) is 0 Å². The Morgan fingerprint density at radius 3 is 2.50 bits per heavy atom. The number of sulfone groups is 1. The molecule has 1 saturated heterocycles. The van der Waals surface area contributed by atoms with Gasteiger partial charge in [-0.05, 0) is 38.0 Å². The summed E-state index contributed by atoms with van der Waals surface area (Å²) in [6, 6.07) is 0. The average molecular weight is 388 g/mol. The van der Waals surface area contributed by atoms with Crippen LogP contribution >= 0.6 is 0 Å². The molecule has 6 nitrogen and oxygen atoms in total. The van der Waals surface area contributed by atoms with Gasteiger partial charge in [0.05, 0.1) is 11.9 Å². The van der Waals surface area contributed by atoms with Gasteiger partial charge in [-0.1, -0.05) is 20.8 Å². The molecule has 2 rings (SSSR count). The molecule has 0 radical (unpaired) electrons. The Morgan fingerprint density at radius 1 is 1.27 bits per heavy atom. The highest BCUT2D eigenvalue weighted by molar-refractivity contribution is 7.90. The third kappa shape index (κ3) is 6.72. The lowest BCUT2D eigenvalue weighted by atomic mass is 9.78. The van der Waals surface area contributed by atoms with Gasteiger partial charge >= 0.3 is 0 Å². The van der Waals surface area contributed by atoms with E-state index in [1.807, 2.05) is 6.92 Å². The second-order valence-electron chi connectivity index (χ2n) is 9.21. The highest BCUT2D eigenvalue weighted by atomic mass is 32.2. The fourth-order valence-corrected chi connectivity index (χ4v) is 5.40. The van der Waals surface area contributed by atoms with Crippen LogP contribution < -0.4 is 10.6 Å². The van der Waals surface area contributed by atoms with Gasteiger partial charge in [0.1, 0.15) is 9.84 Å². The lowest BCUT2D eigenvalue weighted by Gasteiger charge is -2.40. The zero-order chi connectivity index (χ0) is 19.4. The summed E-state index contributed by atoms with van der Waals surface area (Å²) in [6.07, 6.45) is 5.72. The van der Waals surface area contributed by atoms with Crippen LogP contribution in [0.15, 0.2) is 4.99 Å². The van der Waals surface area contributed by atoms with Crippen LogP contribution in [0.1, 0.15) is 53.4 Å². The lowest BCUT2D eigenvalue weighted by molar-refractivity contribution is -0.0835. The number of guanidine groups is 1. The van der Waals surface area contributed by atoms with E-state index in [9.17, 15) is 8.42 Å². The summed E-state index contributed by atoms with van der Waals surface area (Å²) in [5.74, 6) is 1.48. The molecule has 152 valence electrons. The molecule has 1 saturated carbocycles. The highest BCUT2D eigenvalue weighted by Gasteiger charge is 2.45. The van der Waals surface area contributed by atoms with Crippen LogP contribution in [0, 0.1) is 16.7 Å². The third-order valence-electron chi connectivity index (χ3n) is 5.27. The molecule has 1 aliphatic carbocycles. The molecular formula is C19H37N3O3S. The van der Waals surface area contributed by atoms with E-state index in [1.165, 1.54) is 6.26 Å². The predicted octanol–water partition coefficient (Wildman–Crippen LogP) is 2.21. The summed E-state index contributed by atoms with van der Waals surface area (Å²) in [4.78, 5) is 4.69. The summed E-state index contributed by atoms with van der Waals surface area (Å²) in [5, 5.41) is 6.75. The van der Waals surface area contributed by atoms with Gasteiger partial charge in [0.25, 0.3) is 0 Å². The summed E-state index contributed by atoms with van der Waals surface area (Å²) < 4.78 is 29.3. The maximum Gasteiger partial charge on any atom is 0.191 e. The molecule has 1 heterocycles. The van der Waals surface area contributed by atoms with Gasteiger partial charge in [-0.25, -0.2) is 8.42 Å². The molecule has 2 unspecified atom stereocenters. The Labute approximate surface area is 159 Å². The molecule has 0 bridgehead atoms. The predicted molar refractivity (Wildman–Crippen MR) is 107 cm³/mol. The number of hydrogen-bond acceptors (Lipinski definition) is 4. The van der Waals surface area contributed by atoms with Gasteiger partial charge in [-0.2, -0.15) is 0 Å². The third-order valence-corrected chi connectivity index (χ3v) is 6.41. The number of aliphatic imine (C=N–C) groups is 1. The first-order valence-corrected chi connectivity index (χ1v) is 11.9. The Balaban J connectivity index is 1.95. The van der Waals surface area contributed by atoms with Crippen molar-refractivity contribution in [3.63, 3.8) is 0 Å². The minimum absolute atomic E-state index is 0.121. The number of nitrogens with zero attached hydrogens (tertiary/aromatic N) is 1. The van der Waals surface area contributed by atoms with Crippen LogP contribution in [0.2, 0.25) is 0 Å². The van der Waals surface area contributed by atoms with Crippen molar-refractivity contribution in [2.24, 2.45) is 21.7 Å². The molecule has 0 aromatic heterocycles. The molecule has 2 aliphatic rings. The van der Waals surface area contributed by atoms with Gasteiger partial charge in [0, 0.05) is 43.8 Å². The van der Waals surface area contributed by atoms with Gasteiger partial charge in [0.2, 0.25) is 0 Å². The summed E-state index contributed by atoms with van der Waals surface area (Å²) in [5.41, 5.74) is -0.0202. The molecule has 0 amide bonds. The standard InChI is InChI=1S/C19H37N3O3S/c1-6-20-17(22-13-19(9-10-19)14-26(5,23)24)21-12-15-8-7-11-25-16(15)18(2,3)4/h15-16H,6-14H2,1-5H3,(H2,20,21,22). The smallest absolute Gasteiger partial charge is 0.191 e. The quantitative estimate of drug-likeness (QED) is 0.517. The largest absolute Gasteiger partial charge is 0.377 e. The normalized spacial score (nSPS) is 26.4. The second-order valence-corrected chi connectivity index (χ2v) is 11.3. The molecule has 26 heavy (non-hydrogen) atoms. The highest BCUT2D eigenvalue weighted by Crippen LogP contribution is 2.46. The van der Waals surface area contributed by atoms with Gasteiger partial charge in [-0.3, -0.25) is 4.99 Å². The van der Waals surface area contributed by atoms with Crippen molar-refractivity contribution in [3.05, 3.63) is 0 Å². The van der Waals surface area contributed by atoms with E-state index in [0.717, 1.165) is 51.3 Å². The fraction of sp³-hybridized carbons (Fsp3) is 0.947. The molecule has 2 atom stereocenters. The van der Waals surface area contributed by atoms with Crippen LogP contribution in [0.3, 0.4) is 0 Å². The Kier molecular flexibility index (Phi) is 6.99. The Bertz CT molecular complexity index is 592. The van der Waals surface area contributed by atoms with Crippen molar-refractivity contribution in [2.75, 3.05) is 38.2 Å². The van der Waals surface area contributed by atoms with Gasteiger partial charge in [0.15, 0.2) is 5.96 Å². The minimum Gasteiger partial charge on any atom is -0.377 e. The van der Waals surface area contributed by atoms with E-state index in [0.29, 0.717) is 12.5 Å². The number of ether oxygens (including phenoxy) is 1.